The van der Waals surface area contributed by atoms with Crippen LogP contribution in [-0.2, 0) is 9.53 Å². The first-order valence-electron chi connectivity index (χ1n) is 3.79. The van der Waals surface area contributed by atoms with Gasteiger partial charge in [-0.3, -0.25) is 0 Å². The molecule has 0 heterocycles. The van der Waals surface area contributed by atoms with E-state index in [0.717, 1.165) is 19.3 Å². The van der Waals surface area contributed by atoms with Crippen molar-refractivity contribution in [3.8, 4) is 0 Å². The molecule has 0 aromatic carbocycles. The molecule has 0 aliphatic heterocycles. The lowest BCUT2D eigenvalue weighted by molar-refractivity contribution is -0.136. The van der Waals surface area contributed by atoms with Crippen LogP contribution in [0.2, 0.25) is 5.82 Å². The van der Waals surface area contributed by atoms with Crippen molar-refractivity contribution in [3.63, 3.8) is 0 Å². The number of carbonyl (C=O) groups excluding carboxylic acids is 1. The van der Waals surface area contributed by atoms with Gasteiger partial charge in [0, 0.05) is 5.57 Å². The Morgan fingerprint density at radius 1 is 1.82 bits per heavy atom. The molecule has 2 radical (unpaired) electrons. The predicted molar refractivity (Wildman–Crippen MR) is 43.5 cm³/mol. The molecule has 2 nitrogen and oxygen atoms in total. The van der Waals surface area contributed by atoms with E-state index in [2.05, 4.69) is 4.74 Å². The molecule has 0 saturated heterocycles. The summed E-state index contributed by atoms with van der Waals surface area (Å²) in [6, 6.07) is 0. The molecule has 1 atom stereocenters. The largest absolute Gasteiger partial charge is 0.466 e. The van der Waals surface area contributed by atoms with Crippen molar-refractivity contribution >= 4 is 13.8 Å². The second-order valence-corrected chi connectivity index (χ2v) is 2.69. The zero-order chi connectivity index (χ0) is 8.27. The van der Waals surface area contributed by atoms with Crippen molar-refractivity contribution in [1.82, 2.24) is 0 Å². The molecule has 0 amide bonds. The quantitative estimate of drug-likeness (QED) is 0.415. The molecule has 1 aliphatic carbocycles. The van der Waals surface area contributed by atoms with Gasteiger partial charge in [0.1, 0.15) is 0 Å². The van der Waals surface area contributed by atoms with Crippen molar-refractivity contribution in [2.75, 3.05) is 7.11 Å². The monoisotopic (exact) mass is 150 g/mol. The Morgan fingerprint density at radius 3 is 3.09 bits per heavy atom. The Labute approximate surface area is 68.0 Å². The molecule has 0 spiro atoms. The fourth-order valence-corrected chi connectivity index (χ4v) is 1.25. The third kappa shape index (κ3) is 1.85. The summed E-state index contributed by atoms with van der Waals surface area (Å²) in [4.78, 5) is 11.0. The van der Waals surface area contributed by atoms with Gasteiger partial charge in [-0.2, -0.15) is 0 Å². The molecule has 0 aromatic rings. The molecular formula is C8H11BO2. The normalized spacial score (nSPS) is 24.1. The molecule has 1 unspecified atom stereocenters. The number of hydrogen-bond donors (Lipinski definition) is 0. The number of methoxy groups -OCH3 is 1. The number of allylic oxidation sites excluding steroid dienone is 1. The third-order valence-electron chi connectivity index (χ3n) is 1.90. The standard InChI is InChI=1S/C8H11BO2/c1-11-8(10)6-4-2-3-5-7(6)9/h4,7H,2-3,5H2,1H3. The van der Waals surface area contributed by atoms with E-state index in [1.807, 2.05) is 6.08 Å². The summed E-state index contributed by atoms with van der Waals surface area (Å²) in [5.41, 5.74) is 0.638. The summed E-state index contributed by atoms with van der Waals surface area (Å²) in [6.07, 6.45) is 4.78. The van der Waals surface area contributed by atoms with Gasteiger partial charge in [-0.05, 0) is 18.7 Å². The fourth-order valence-electron chi connectivity index (χ4n) is 1.25. The van der Waals surface area contributed by atoms with Crippen LogP contribution in [0.15, 0.2) is 11.6 Å². The van der Waals surface area contributed by atoms with Crippen molar-refractivity contribution in [2.45, 2.75) is 25.1 Å². The van der Waals surface area contributed by atoms with Crippen molar-refractivity contribution in [2.24, 2.45) is 0 Å². The minimum absolute atomic E-state index is 0.115. The first kappa shape index (κ1) is 8.37. The van der Waals surface area contributed by atoms with Gasteiger partial charge in [-0.1, -0.05) is 12.5 Å². The van der Waals surface area contributed by atoms with Crippen LogP contribution in [0.25, 0.3) is 0 Å². The van der Waals surface area contributed by atoms with E-state index >= 15 is 0 Å². The van der Waals surface area contributed by atoms with Crippen LogP contribution in [-0.4, -0.2) is 20.9 Å². The van der Waals surface area contributed by atoms with Gasteiger partial charge in [0.2, 0.25) is 0 Å². The number of rotatable bonds is 1. The third-order valence-corrected chi connectivity index (χ3v) is 1.90. The van der Waals surface area contributed by atoms with Crippen LogP contribution in [0.1, 0.15) is 19.3 Å². The minimum Gasteiger partial charge on any atom is -0.466 e. The van der Waals surface area contributed by atoms with Gasteiger partial charge in [0.05, 0.1) is 15.0 Å². The second-order valence-electron chi connectivity index (χ2n) is 2.69. The molecule has 1 aliphatic rings. The maximum absolute atomic E-state index is 11.0. The maximum atomic E-state index is 11.0. The number of hydrogen-bond acceptors (Lipinski definition) is 2. The van der Waals surface area contributed by atoms with Crippen molar-refractivity contribution in [3.05, 3.63) is 11.6 Å². The molecule has 0 fully saturated rings. The highest BCUT2D eigenvalue weighted by Crippen LogP contribution is 2.27. The Kier molecular flexibility index (Phi) is 2.74. The molecule has 0 N–H and O–H groups in total. The van der Waals surface area contributed by atoms with Gasteiger partial charge >= 0.3 is 5.97 Å². The maximum Gasteiger partial charge on any atom is 0.332 e. The SMILES string of the molecule is [B]C1CCCC=C1C(=O)OC. The topological polar surface area (TPSA) is 26.3 Å². The molecule has 11 heavy (non-hydrogen) atoms. The summed E-state index contributed by atoms with van der Waals surface area (Å²) in [7, 11) is 7.07. The van der Waals surface area contributed by atoms with Crippen LogP contribution in [0, 0.1) is 0 Å². The molecule has 3 heteroatoms. The zero-order valence-electron chi connectivity index (χ0n) is 6.67. The minimum atomic E-state index is -0.280. The van der Waals surface area contributed by atoms with E-state index in [0.29, 0.717) is 5.57 Å². The van der Waals surface area contributed by atoms with Crippen LogP contribution in [0.4, 0.5) is 0 Å². The summed E-state index contributed by atoms with van der Waals surface area (Å²) in [6.45, 7) is 0. The van der Waals surface area contributed by atoms with Gasteiger partial charge in [0.15, 0.2) is 0 Å². The van der Waals surface area contributed by atoms with E-state index in [9.17, 15) is 4.79 Å². The van der Waals surface area contributed by atoms with Gasteiger partial charge < -0.3 is 4.74 Å². The smallest absolute Gasteiger partial charge is 0.332 e. The average Bonchev–Trinajstić information content (AvgIpc) is 2.04. The Hall–Kier alpha value is -0.725. The van der Waals surface area contributed by atoms with Gasteiger partial charge in [-0.25, -0.2) is 4.79 Å². The van der Waals surface area contributed by atoms with Crippen LogP contribution in [0.3, 0.4) is 0 Å². The van der Waals surface area contributed by atoms with Crippen LogP contribution >= 0.6 is 0 Å². The number of esters is 1. The second kappa shape index (κ2) is 3.60. The predicted octanol–water partition coefficient (Wildman–Crippen LogP) is 1.23. The van der Waals surface area contributed by atoms with E-state index in [4.69, 9.17) is 7.85 Å². The zero-order valence-corrected chi connectivity index (χ0v) is 6.67. The van der Waals surface area contributed by atoms with E-state index in [-0.39, 0.29) is 11.8 Å². The molecule has 0 aromatic heterocycles. The lowest BCUT2D eigenvalue weighted by Crippen LogP contribution is -2.13. The lowest BCUT2D eigenvalue weighted by Gasteiger charge is -2.18. The van der Waals surface area contributed by atoms with E-state index < -0.39 is 0 Å². The summed E-state index contributed by atoms with van der Waals surface area (Å²) < 4.78 is 4.57. The van der Waals surface area contributed by atoms with Gasteiger partial charge in [0.25, 0.3) is 0 Å². The Morgan fingerprint density at radius 2 is 2.55 bits per heavy atom. The Balaban J connectivity index is 2.67. The molecule has 0 bridgehead atoms. The molecular weight excluding hydrogens is 139 g/mol. The highest BCUT2D eigenvalue weighted by atomic mass is 16.5. The van der Waals surface area contributed by atoms with Crippen molar-refractivity contribution in [1.29, 1.82) is 0 Å². The fraction of sp³-hybridized carbons (Fsp3) is 0.625. The highest BCUT2D eigenvalue weighted by Gasteiger charge is 2.18. The highest BCUT2D eigenvalue weighted by molar-refractivity contribution is 6.17. The van der Waals surface area contributed by atoms with E-state index in [1.54, 1.807) is 0 Å². The lowest BCUT2D eigenvalue weighted by atomic mass is 9.74. The summed E-state index contributed by atoms with van der Waals surface area (Å²) >= 11 is 0. The average molecular weight is 150 g/mol. The van der Waals surface area contributed by atoms with Crippen LogP contribution in [0.5, 0.6) is 0 Å². The van der Waals surface area contributed by atoms with Crippen LogP contribution < -0.4 is 0 Å². The summed E-state index contributed by atoms with van der Waals surface area (Å²) in [5, 5.41) is 0. The first-order valence-corrected chi connectivity index (χ1v) is 3.79. The van der Waals surface area contributed by atoms with Gasteiger partial charge in [-0.15, -0.1) is 0 Å². The van der Waals surface area contributed by atoms with E-state index in [1.165, 1.54) is 7.11 Å². The van der Waals surface area contributed by atoms with Crippen molar-refractivity contribution < 1.29 is 9.53 Å². The molecule has 0 saturated carbocycles. The summed E-state index contributed by atoms with van der Waals surface area (Å²) in [5.74, 6) is -0.395. The number of carbonyl (C=O) groups is 1. The molecule has 1 rings (SSSR count). The number of ether oxygens (including phenoxy) is 1. The Bertz CT molecular complexity index is 187. The first-order chi connectivity index (χ1) is 5.25. The molecule has 58 valence electrons.